The molecular weight excluding hydrogens is 511 g/mol. The van der Waals surface area contributed by atoms with Gasteiger partial charge in [0, 0.05) is 25.2 Å². The molecule has 4 heterocycles. The first-order valence-corrected chi connectivity index (χ1v) is 14.1. The Morgan fingerprint density at radius 3 is 2.60 bits per heavy atom. The molecule has 0 bridgehead atoms. The van der Waals surface area contributed by atoms with Crippen LogP contribution in [0.4, 0.5) is 10.2 Å². The molecule has 1 amide bonds. The van der Waals surface area contributed by atoms with Crippen molar-refractivity contribution in [3.8, 4) is 22.8 Å². The number of hydrogen-bond donors (Lipinski definition) is 2. The van der Waals surface area contributed by atoms with E-state index in [0.29, 0.717) is 56.3 Å². The fourth-order valence-electron chi connectivity index (χ4n) is 5.81. The second-order valence-corrected chi connectivity index (χ2v) is 10.8. The normalized spacial score (nSPS) is 20.4. The summed E-state index contributed by atoms with van der Waals surface area (Å²) in [5.74, 6) is 1.53. The first-order valence-electron chi connectivity index (χ1n) is 14.1. The van der Waals surface area contributed by atoms with Gasteiger partial charge in [0.2, 0.25) is 5.91 Å². The Balaban J connectivity index is 1.14. The Kier molecular flexibility index (Phi) is 7.84. The lowest BCUT2D eigenvalue weighted by Gasteiger charge is -2.30. The quantitative estimate of drug-likeness (QED) is 0.445. The van der Waals surface area contributed by atoms with E-state index in [0.717, 1.165) is 43.0 Å². The fraction of sp³-hybridized carbons (Fsp3) is 0.419. The minimum absolute atomic E-state index is 0.0574. The molecule has 0 aliphatic carbocycles. The number of hydrogen-bond acceptors (Lipinski definition) is 7. The molecule has 2 aromatic carbocycles. The van der Waals surface area contributed by atoms with E-state index in [1.807, 2.05) is 36.4 Å². The van der Waals surface area contributed by atoms with Crippen molar-refractivity contribution < 1.29 is 23.8 Å². The lowest BCUT2D eigenvalue weighted by molar-refractivity contribution is -0.126. The maximum atomic E-state index is 13.5. The number of carbonyl (C=O) groups excluding carboxylic acids is 1. The lowest BCUT2D eigenvalue weighted by Crippen LogP contribution is -2.48. The van der Waals surface area contributed by atoms with Crippen molar-refractivity contribution >= 4 is 11.7 Å². The zero-order valence-corrected chi connectivity index (χ0v) is 22.5. The second-order valence-electron chi connectivity index (χ2n) is 10.8. The van der Waals surface area contributed by atoms with Gasteiger partial charge in [-0.3, -0.25) is 4.79 Å². The number of rotatable bonds is 8. The molecule has 1 aromatic heterocycles. The third kappa shape index (κ3) is 5.90. The highest BCUT2D eigenvalue weighted by Crippen LogP contribution is 2.34. The Bertz CT molecular complexity index is 1330. The SMILES string of the molecule is O=C(N[C@H](CN1CCCC1)[C@H](O)c1ccc2c(c1)OCCO2)[C@@H]1CCN(c2cccc(-c3ccc(F)cc3)n2)C1. The van der Waals surface area contributed by atoms with Crippen molar-refractivity contribution in [2.24, 2.45) is 5.92 Å². The molecule has 0 spiro atoms. The predicted octanol–water partition coefficient (Wildman–Crippen LogP) is 3.80. The minimum atomic E-state index is -0.882. The smallest absolute Gasteiger partial charge is 0.225 e. The van der Waals surface area contributed by atoms with Crippen LogP contribution < -0.4 is 19.7 Å². The summed E-state index contributed by atoms with van der Waals surface area (Å²) in [5, 5.41) is 14.6. The summed E-state index contributed by atoms with van der Waals surface area (Å²) in [6.07, 6.45) is 2.07. The van der Waals surface area contributed by atoms with Gasteiger partial charge in [-0.05, 0) is 86.4 Å². The first-order chi connectivity index (χ1) is 19.5. The largest absolute Gasteiger partial charge is 0.486 e. The number of halogens is 1. The molecule has 3 atom stereocenters. The Morgan fingerprint density at radius 2 is 1.80 bits per heavy atom. The number of benzene rings is 2. The van der Waals surface area contributed by atoms with Crippen LogP contribution in [0.2, 0.25) is 0 Å². The van der Waals surface area contributed by atoms with E-state index in [1.54, 1.807) is 12.1 Å². The fourth-order valence-corrected chi connectivity index (χ4v) is 5.81. The van der Waals surface area contributed by atoms with E-state index in [2.05, 4.69) is 15.1 Å². The zero-order chi connectivity index (χ0) is 27.5. The molecule has 9 heteroatoms. The van der Waals surface area contributed by atoms with Gasteiger partial charge in [0.25, 0.3) is 0 Å². The van der Waals surface area contributed by atoms with Crippen LogP contribution in [0.3, 0.4) is 0 Å². The van der Waals surface area contributed by atoms with Crippen LogP contribution in [-0.2, 0) is 4.79 Å². The Labute approximate surface area is 233 Å². The predicted molar refractivity (Wildman–Crippen MR) is 150 cm³/mol. The van der Waals surface area contributed by atoms with Gasteiger partial charge >= 0.3 is 0 Å². The summed E-state index contributed by atoms with van der Waals surface area (Å²) < 4.78 is 24.7. The van der Waals surface area contributed by atoms with Crippen LogP contribution in [0.5, 0.6) is 11.5 Å². The molecule has 6 rings (SSSR count). The third-order valence-electron chi connectivity index (χ3n) is 8.03. The van der Waals surface area contributed by atoms with Crippen LogP contribution in [0.25, 0.3) is 11.3 Å². The number of amides is 1. The van der Waals surface area contributed by atoms with Crippen LogP contribution in [0, 0.1) is 11.7 Å². The molecule has 2 fully saturated rings. The zero-order valence-electron chi connectivity index (χ0n) is 22.5. The number of nitrogens with one attached hydrogen (secondary N) is 1. The molecule has 40 heavy (non-hydrogen) atoms. The van der Waals surface area contributed by atoms with Gasteiger partial charge in [0.15, 0.2) is 11.5 Å². The van der Waals surface area contributed by atoms with E-state index >= 15 is 0 Å². The van der Waals surface area contributed by atoms with E-state index in [9.17, 15) is 14.3 Å². The maximum absolute atomic E-state index is 13.5. The summed E-state index contributed by atoms with van der Waals surface area (Å²) in [6, 6.07) is 17.1. The topological polar surface area (TPSA) is 87.2 Å². The number of pyridine rings is 1. The average molecular weight is 547 g/mol. The number of anilines is 1. The molecule has 3 aromatic rings. The number of likely N-dealkylation sites (tertiary alicyclic amines) is 1. The van der Waals surface area contributed by atoms with Crippen LogP contribution >= 0.6 is 0 Å². The van der Waals surface area contributed by atoms with Gasteiger partial charge in [-0.1, -0.05) is 12.1 Å². The third-order valence-corrected chi connectivity index (χ3v) is 8.03. The van der Waals surface area contributed by atoms with E-state index in [-0.39, 0.29) is 17.6 Å². The van der Waals surface area contributed by atoms with Crippen LogP contribution in [0.15, 0.2) is 60.7 Å². The van der Waals surface area contributed by atoms with Crippen molar-refractivity contribution in [2.45, 2.75) is 31.4 Å². The summed E-state index contributed by atoms with van der Waals surface area (Å²) in [5.41, 5.74) is 2.30. The maximum Gasteiger partial charge on any atom is 0.225 e. The molecular formula is C31H35FN4O4. The van der Waals surface area contributed by atoms with Gasteiger partial charge in [-0.15, -0.1) is 0 Å². The molecule has 3 aliphatic heterocycles. The van der Waals surface area contributed by atoms with Crippen molar-refractivity contribution in [2.75, 3.05) is 50.8 Å². The molecule has 2 saturated heterocycles. The monoisotopic (exact) mass is 546 g/mol. The summed E-state index contributed by atoms with van der Waals surface area (Å²) in [7, 11) is 0. The number of aliphatic hydroxyl groups is 1. The van der Waals surface area contributed by atoms with Crippen molar-refractivity contribution in [1.82, 2.24) is 15.2 Å². The Morgan fingerprint density at radius 1 is 1.02 bits per heavy atom. The number of aliphatic hydroxyl groups excluding tert-OH is 1. The van der Waals surface area contributed by atoms with Crippen molar-refractivity contribution in [3.05, 3.63) is 72.0 Å². The number of aromatic nitrogens is 1. The standard InChI is InChI=1S/C31H35FN4O4/c32-24-9-6-21(7-10-24)25-4-3-5-29(33-25)36-15-12-23(19-36)31(38)34-26(20-35-13-1-2-14-35)30(37)22-8-11-27-28(18-22)40-17-16-39-27/h3-11,18,23,26,30,37H,1-2,12-17,19-20H2,(H,34,38)/t23-,26-,30-/m1/s1. The van der Waals surface area contributed by atoms with Gasteiger partial charge in [-0.2, -0.15) is 0 Å². The number of carbonyl (C=O) groups is 1. The number of ether oxygens (including phenoxy) is 2. The number of fused-ring (bicyclic) bond motifs is 1. The molecule has 0 saturated carbocycles. The van der Waals surface area contributed by atoms with Gasteiger partial charge in [-0.25, -0.2) is 9.37 Å². The summed E-state index contributed by atoms with van der Waals surface area (Å²) in [6.45, 7) is 4.75. The van der Waals surface area contributed by atoms with E-state index in [4.69, 9.17) is 14.5 Å². The lowest BCUT2D eigenvalue weighted by atomic mass is 9.99. The molecule has 0 radical (unpaired) electrons. The highest BCUT2D eigenvalue weighted by molar-refractivity contribution is 5.80. The number of nitrogens with zero attached hydrogens (tertiary/aromatic N) is 3. The first kappa shape index (κ1) is 26.5. The highest BCUT2D eigenvalue weighted by Gasteiger charge is 2.33. The highest BCUT2D eigenvalue weighted by atomic mass is 19.1. The Hall–Kier alpha value is -3.69. The minimum Gasteiger partial charge on any atom is -0.486 e. The second kappa shape index (κ2) is 11.8. The summed E-state index contributed by atoms with van der Waals surface area (Å²) in [4.78, 5) is 22.7. The van der Waals surface area contributed by atoms with Crippen molar-refractivity contribution in [1.29, 1.82) is 0 Å². The van der Waals surface area contributed by atoms with Gasteiger partial charge < -0.3 is 29.7 Å². The summed E-state index contributed by atoms with van der Waals surface area (Å²) >= 11 is 0. The molecule has 0 unspecified atom stereocenters. The molecule has 8 nitrogen and oxygen atoms in total. The van der Waals surface area contributed by atoms with E-state index in [1.165, 1.54) is 12.1 Å². The average Bonchev–Trinajstić information content (AvgIpc) is 3.70. The van der Waals surface area contributed by atoms with Gasteiger partial charge in [0.05, 0.1) is 17.7 Å². The van der Waals surface area contributed by atoms with Crippen LogP contribution in [-0.4, -0.2) is 72.9 Å². The molecule has 3 aliphatic rings. The van der Waals surface area contributed by atoms with Crippen molar-refractivity contribution in [3.63, 3.8) is 0 Å². The molecule has 2 N–H and O–H groups in total. The van der Waals surface area contributed by atoms with Gasteiger partial charge in [0.1, 0.15) is 31.0 Å². The van der Waals surface area contributed by atoms with E-state index < -0.39 is 12.1 Å². The van der Waals surface area contributed by atoms with Crippen LogP contribution in [0.1, 0.15) is 30.9 Å². The molecule has 210 valence electrons.